The van der Waals surface area contributed by atoms with Crippen molar-refractivity contribution < 1.29 is 34.0 Å². The topological polar surface area (TPSA) is 125 Å². The van der Waals surface area contributed by atoms with Crippen molar-refractivity contribution in [3.8, 4) is 11.4 Å². The maximum Gasteiger partial charge on any atom is 0.305 e. The predicted octanol–water partition coefficient (Wildman–Crippen LogP) is 4.33. The zero-order valence-corrected chi connectivity index (χ0v) is 22.7. The number of carboxylic acids is 1. The largest absolute Gasteiger partial charge is 0.497 e. The van der Waals surface area contributed by atoms with Crippen molar-refractivity contribution >= 4 is 17.6 Å². The summed E-state index contributed by atoms with van der Waals surface area (Å²) in [5.41, 5.74) is 2.82. The highest BCUT2D eigenvalue weighted by molar-refractivity contribution is 6.06. The molecule has 0 aliphatic heterocycles. The second-order valence-corrected chi connectivity index (χ2v) is 9.68. The van der Waals surface area contributed by atoms with Crippen molar-refractivity contribution in [3.05, 3.63) is 71.3 Å². The minimum atomic E-state index is -1.18. The third-order valence-electron chi connectivity index (χ3n) is 6.47. The lowest BCUT2D eigenvalue weighted by Crippen LogP contribution is -2.32. The number of ether oxygens (including phenoxy) is 1. The van der Waals surface area contributed by atoms with Crippen LogP contribution in [0, 0.1) is 5.82 Å². The van der Waals surface area contributed by atoms with Gasteiger partial charge in [0.05, 0.1) is 31.4 Å². The first-order chi connectivity index (χ1) is 18.5. The van der Waals surface area contributed by atoms with Gasteiger partial charge in [-0.05, 0) is 68.5 Å². The summed E-state index contributed by atoms with van der Waals surface area (Å²) in [6.07, 6.45) is -2.22. The number of aliphatic hydroxyl groups excluding tert-OH is 2. The van der Waals surface area contributed by atoms with Crippen molar-refractivity contribution in [2.75, 3.05) is 18.6 Å². The Morgan fingerprint density at radius 2 is 1.79 bits per heavy atom. The molecule has 1 amide bonds. The molecule has 10 heteroatoms. The van der Waals surface area contributed by atoms with E-state index >= 15 is 0 Å². The number of rotatable bonds is 13. The molecule has 3 rings (SSSR count). The number of aromatic nitrogens is 2. The maximum atomic E-state index is 13.9. The first-order valence-electron chi connectivity index (χ1n) is 13.0. The van der Waals surface area contributed by atoms with Gasteiger partial charge in [0.2, 0.25) is 0 Å². The Hall–Kier alpha value is -3.76. The minimum absolute atomic E-state index is 0.0980. The van der Waals surface area contributed by atoms with Gasteiger partial charge >= 0.3 is 5.97 Å². The number of halogens is 1. The molecular formula is C29H36FN3O6. The predicted molar refractivity (Wildman–Crippen MR) is 145 cm³/mol. The monoisotopic (exact) mass is 541 g/mol. The van der Waals surface area contributed by atoms with Crippen molar-refractivity contribution in [2.45, 2.75) is 64.6 Å². The van der Waals surface area contributed by atoms with Gasteiger partial charge in [-0.25, -0.2) is 9.07 Å². The zero-order valence-electron chi connectivity index (χ0n) is 22.7. The number of benzene rings is 2. The average molecular weight is 542 g/mol. The molecule has 1 aromatic heterocycles. The molecule has 0 saturated heterocycles. The van der Waals surface area contributed by atoms with Crippen LogP contribution in [0.5, 0.6) is 5.75 Å². The maximum absolute atomic E-state index is 13.9. The Morgan fingerprint density at radius 1 is 1.10 bits per heavy atom. The van der Waals surface area contributed by atoms with Crippen LogP contribution in [0.4, 0.5) is 10.1 Å². The van der Waals surface area contributed by atoms with Gasteiger partial charge in [0.25, 0.3) is 5.91 Å². The second kappa shape index (κ2) is 13.3. The van der Waals surface area contributed by atoms with E-state index < -0.39 is 30.4 Å². The Balaban J connectivity index is 2.04. The second-order valence-electron chi connectivity index (χ2n) is 9.68. The summed E-state index contributed by atoms with van der Waals surface area (Å²) in [5.74, 6) is -1.38. The summed E-state index contributed by atoms with van der Waals surface area (Å²) in [5, 5.41) is 34.1. The van der Waals surface area contributed by atoms with Crippen LogP contribution in [0.1, 0.15) is 67.7 Å². The molecular weight excluding hydrogens is 505 g/mol. The Labute approximate surface area is 227 Å². The number of methoxy groups -OCH3 is 1. The van der Waals surface area contributed by atoms with Gasteiger partial charge in [-0.3, -0.25) is 9.59 Å². The third kappa shape index (κ3) is 7.42. The summed E-state index contributed by atoms with van der Waals surface area (Å²) in [4.78, 5) is 26.4. The molecule has 0 aliphatic carbocycles. The molecule has 1 heterocycles. The summed E-state index contributed by atoms with van der Waals surface area (Å²) in [6.45, 7) is 6.13. The van der Waals surface area contributed by atoms with Gasteiger partial charge in [0, 0.05) is 29.6 Å². The van der Waals surface area contributed by atoms with E-state index in [1.54, 1.807) is 47.0 Å². The molecule has 0 saturated carbocycles. The fourth-order valence-corrected chi connectivity index (χ4v) is 4.64. The highest BCUT2D eigenvalue weighted by Crippen LogP contribution is 2.31. The molecule has 3 aromatic rings. The fraction of sp³-hybridized carbons (Fsp3) is 0.414. The number of carboxylic acid groups (broad SMARTS) is 1. The summed E-state index contributed by atoms with van der Waals surface area (Å²) >= 11 is 0. The van der Waals surface area contributed by atoms with Crippen molar-refractivity contribution in [1.82, 2.24) is 9.78 Å². The molecule has 0 spiro atoms. The van der Waals surface area contributed by atoms with Crippen LogP contribution in [-0.2, 0) is 11.2 Å². The summed E-state index contributed by atoms with van der Waals surface area (Å²) in [6, 6.07) is 12.9. The minimum Gasteiger partial charge on any atom is -0.497 e. The number of carbonyl (C=O) groups is 2. The molecule has 9 nitrogen and oxygen atoms in total. The number of hydrogen-bond acceptors (Lipinski definition) is 6. The molecule has 2 unspecified atom stereocenters. The van der Waals surface area contributed by atoms with Crippen LogP contribution < -0.4 is 9.64 Å². The van der Waals surface area contributed by atoms with E-state index in [0.717, 1.165) is 0 Å². The molecule has 0 radical (unpaired) electrons. The highest BCUT2D eigenvalue weighted by atomic mass is 19.1. The third-order valence-corrected chi connectivity index (χ3v) is 6.47. The van der Waals surface area contributed by atoms with Gasteiger partial charge in [-0.2, -0.15) is 5.10 Å². The van der Waals surface area contributed by atoms with E-state index in [0.29, 0.717) is 34.9 Å². The number of anilines is 1. The van der Waals surface area contributed by atoms with E-state index in [9.17, 15) is 24.2 Å². The molecule has 210 valence electrons. The van der Waals surface area contributed by atoms with Gasteiger partial charge in [0.1, 0.15) is 11.6 Å². The first-order valence-corrected chi connectivity index (χ1v) is 13.0. The van der Waals surface area contributed by atoms with Crippen LogP contribution in [0.3, 0.4) is 0 Å². The lowest BCUT2D eigenvalue weighted by molar-refractivity contribution is -0.139. The normalized spacial score (nSPS) is 12.8. The zero-order chi connectivity index (χ0) is 28.7. The van der Waals surface area contributed by atoms with Crippen molar-refractivity contribution in [3.63, 3.8) is 0 Å². The lowest BCUT2D eigenvalue weighted by Gasteiger charge is -2.22. The van der Waals surface area contributed by atoms with Crippen molar-refractivity contribution in [2.24, 2.45) is 0 Å². The summed E-state index contributed by atoms with van der Waals surface area (Å²) < 4.78 is 20.6. The number of amides is 1. The van der Waals surface area contributed by atoms with Gasteiger partial charge in [0.15, 0.2) is 5.69 Å². The first kappa shape index (κ1) is 29.8. The number of nitrogens with zero attached hydrogens (tertiary/aromatic N) is 3. The van der Waals surface area contributed by atoms with Crippen LogP contribution in [-0.4, -0.2) is 62.8 Å². The summed E-state index contributed by atoms with van der Waals surface area (Å²) in [7, 11) is 1.56. The Bertz CT molecular complexity index is 1270. The standard InChI is InChI=1S/C29H36FN3O6/c1-5-32(21-7-6-8-24(15-21)39-4)29(38)28-27(18(2)3)25(14-13-22(34)16-23(35)17-26(36)37)33(31-28)20-11-9-19(30)10-12-20/h6-12,15,18,22-23,34-35H,5,13-14,16-17H2,1-4H3,(H,36,37). The van der Waals surface area contributed by atoms with E-state index in [1.807, 2.05) is 26.8 Å². The van der Waals surface area contributed by atoms with Crippen molar-refractivity contribution in [1.29, 1.82) is 0 Å². The fourth-order valence-electron chi connectivity index (χ4n) is 4.64. The van der Waals surface area contributed by atoms with Crippen LogP contribution in [0.2, 0.25) is 0 Å². The number of hydrogen-bond donors (Lipinski definition) is 3. The highest BCUT2D eigenvalue weighted by Gasteiger charge is 2.29. The van der Waals surface area contributed by atoms with E-state index in [4.69, 9.17) is 14.9 Å². The molecule has 2 aromatic carbocycles. The molecule has 0 aliphatic rings. The average Bonchev–Trinajstić information content (AvgIpc) is 3.27. The quantitative estimate of drug-likeness (QED) is 0.294. The SMILES string of the molecule is CCN(C(=O)c1nn(-c2ccc(F)cc2)c(CCC(O)CC(O)CC(=O)O)c1C(C)C)c1cccc(OC)c1. The van der Waals surface area contributed by atoms with Crippen LogP contribution >= 0.6 is 0 Å². The van der Waals surface area contributed by atoms with Crippen LogP contribution in [0.15, 0.2) is 48.5 Å². The Morgan fingerprint density at radius 3 is 2.38 bits per heavy atom. The van der Waals surface area contributed by atoms with E-state index in [2.05, 4.69) is 0 Å². The lowest BCUT2D eigenvalue weighted by atomic mass is 9.95. The molecule has 2 atom stereocenters. The number of aliphatic carboxylic acids is 1. The Kier molecular flexibility index (Phi) is 10.2. The smallest absolute Gasteiger partial charge is 0.305 e. The van der Waals surface area contributed by atoms with E-state index in [1.165, 1.54) is 12.1 Å². The number of aliphatic hydroxyl groups is 2. The van der Waals surface area contributed by atoms with Gasteiger partial charge < -0.3 is 25.0 Å². The van der Waals surface area contributed by atoms with Crippen LogP contribution in [0.25, 0.3) is 5.69 Å². The molecule has 0 bridgehead atoms. The van der Waals surface area contributed by atoms with Gasteiger partial charge in [-0.1, -0.05) is 19.9 Å². The molecule has 3 N–H and O–H groups in total. The molecule has 39 heavy (non-hydrogen) atoms. The van der Waals surface area contributed by atoms with Gasteiger partial charge in [-0.15, -0.1) is 0 Å². The molecule has 0 fully saturated rings. The number of carbonyl (C=O) groups excluding carboxylic acids is 1. The van der Waals surface area contributed by atoms with E-state index in [-0.39, 0.29) is 36.8 Å².